The van der Waals surface area contributed by atoms with Crippen LogP contribution in [0.3, 0.4) is 0 Å². The average molecular weight is 308 g/mol. The van der Waals surface area contributed by atoms with Gasteiger partial charge in [-0.05, 0) is 37.1 Å². The quantitative estimate of drug-likeness (QED) is 0.671. The van der Waals surface area contributed by atoms with Gasteiger partial charge in [0.15, 0.2) is 0 Å². The molecule has 0 saturated carbocycles. The van der Waals surface area contributed by atoms with E-state index >= 15 is 0 Å². The second-order valence-corrected chi connectivity index (χ2v) is 5.06. The van der Waals surface area contributed by atoms with Gasteiger partial charge in [-0.15, -0.1) is 0 Å². The highest BCUT2D eigenvalue weighted by Crippen LogP contribution is 2.37. The molecule has 0 heterocycles. The molecule has 0 aliphatic carbocycles. The van der Waals surface area contributed by atoms with Crippen molar-refractivity contribution in [2.75, 3.05) is 0 Å². The summed E-state index contributed by atoms with van der Waals surface area (Å²) in [6, 6.07) is 9.52. The number of rotatable bonds is 4. The molecular formula is C15H14ClNO4. The van der Waals surface area contributed by atoms with Crippen molar-refractivity contribution in [2.24, 2.45) is 0 Å². The monoisotopic (exact) mass is 307 g/mol. The van der Waals surface area contributed by atoms with Crippen LogP contribution in [0.4, 0.5) is 5.69 Å². The summed E-state index contributed by atoms with van der Waals surface area (Å²) in [5.41, 5.74) is 1.16. The van der Waals surface area contributed by atoms with Crippen molar-refractivity contribution in [3.8, 4) is 11.5 Å². The lowest BCUT2D eigenvalue weighted by atomic mass is 10.1. The highest BCUT2D eigenvalue weighted by atomic mass is 35.5. The molecule has 1 N–H and O–H groups in total. The molecule has 0 aliphatic rings. The Morgan fingerprint density at radius 2 is 2.05 bits per heavy atom. The maximum Gasteiger partial charge on any atom is 0.311 e. The second-order valence-electron chi connectivity index (χ2n) is 4.65. The molecule has 5 nitrogen and oxygen atoms in total. The van der Waals surface area contributed by atoms with Gasteiger partial charge in [0, 0.05) is 6.07 Å². The molecule has 2 aromatic rings. The molecule has 2 rings (SSSR count). The van der Waals surface area contributed by atoms with Gasteiger partial charge < -0.3 is 9.84 Å². The van der Waals surface area contributed by atoms with Crippen LogP contribution in [0.15, 0.2) is 36.4 Å². The van der Waals surface area contributed by atoms with Crippen LogP contribution >= 0.6 is 11.6 Å². The van der Waals surface area contributed by atoms with Crippen molar-refractivity contribution in [3.63, 3.8) is 0 Å². The summed E-state index contributed by atoms with van der Waals surface area (Å²) in [5, 5.41) is 20.8. The van der Waals surface area contributed by atoms with E-state index in [0.29, 0.717) is 16.9 Å². The number of ether oxygens (including phenoxy) is 1. The second kappa shape index (κ2) is 6.11. The Bertz CT molecular complexity index is 685. The van der Waals surface area contributed by atoms with E-state index in [2.05, 4.69) is 0 Å². The normalized spacial score (nSPS) is 12.0. The highest BCUT2D eigenvalue weighted by Gasteiger charge is 2.19. The Kier molecular flexibility index (Phi) is 4.45. The zero-order valence-electron chi connectivity index (χ0n) is 11.5. The van der Waals surface area contributed by atoms with E-state index in [1.165, 1.54) is 6.07 Å². The van der Waals surface area contributed by atoms with Gasteiger partial charge in [-0.2, -0.15) is 0 Å². The number of benzene rings is 2. The van der Waals surface area contributed by atoms with Crippen molar-refractivity contribution in [3.05, 3.63) is 62.7 Å². The minimum absolute atomic E-state index is 0.120. The Morgan fingerprint density at radius 3 is 2.62 bits per heavy atom. The van der Waals surface area contributed by atoms with E-state index in [1.54, 1.807) is 44.2 Å². The van der Waals surface area contributed by atoms with Crippen LogP contribution < -0.4 is 4.74 Å². The Hall–Kier alpha value is -2.11. The predicted octanol–water partition coefficient (Wildman–Crippen LogP) is 4.40. The maximum absolute atomic E-state index is 11.1. The summed E-state index contributed by atoms with van der Waals surface area (Å²) >= 11 is 6.10. The zero-order valence-corrected chi connectivity index (χ0v) is 12.3. The van der Waals surface area contributed by atoms with E-state index in [-0.39, 0.29) is 16.5 Å². The fourth-order valence-corrected chi connectivity index (χ4v) is 2.11. The summed E-state index contributed by atoms with van der Waals surface area (Å²) in [6.07, 6.45) is -0.649. The predicted molar refractivity (Wildman–Crippen MR) is 80.0 cm³/mol. The lowest BCUT2D eigenvalue weighted by Crippen LogP contribution is -1.97. The van der Waals surface area contributed by atoms with Gasteiger partial charge in [-0.1, -0.05) is 29.8 Å². The van der Waals surface area contributed by atoms with Gasteiger partial charge in [0.25, 0.3) is 0 Å². The molecule has 0 bridgehead atoms. The van der Waals surface area contributed by atoms with Crippen LogP contribution in [0.2, 0.25) is 5.02 Å². The van der Waals surface area contributed by atoms with Crippen LogP contribution in [-0.2, 0) is 0 Å². The van der Waals surface area contributed by atoms with E-state index in [4.69, 9.17) is 16.3 Å². The molecule has 0 radical (unpaired) electrons. The molecule has 0 aromatic heterocycles. The smallest absolute Gasteiger partial charge is 0.311 e. The molecule has 0 aliphatic heterocycles. The molecule has 1 atom stereocenters. The summed E-state index contributed by atoms with van der Waals surface area (Å²) in [4.78, 5) is 10.6. The number of hydrogen-bond acceptors (Lipinski definition) is 4. The number of aliphatic hydroxyl groups is 1. The SMILES string of the molecule is Cc1cccc([N+](=O)[O-])c1Oc1ccc(C(C)O)cc1Cl. The molecule has 0 spiro atoms. The van der Waals surface area contributed by atoms with Gasteiger partial charge in [0.1, 0.15) is 5.75 Å². The number of nitrogens with zero attached hydrogens (tertiary/aromatic N) is 1. The third-order valence-corrected chi connectivity index (χ3v) is 3.33. The first kappa shape index (κ1) is 15.3. The van der Waals surface area contributed by atoms with Crippen molar-refractivity contribution < 1.29 is 14.8 Å². The van der Waals surface area contributed by atoms with Crippen molar-refractivity contribution >= 4 is 17.3 Å². The third kappa shape index (κ3) is 3.32. The number of nitro groups is 1. The number of halogens is 1. The van der Waals surface area contributed by atoms with Crippen molar-refractivity contribution in [1.82, 2.24) is 0 Å². The molecule has 0 fully saturated rings. The largest absolute Gasteiger partial charge is 0.448 e. The van der Waals surface area contributed by atoms with Crippen LogP contribution in [0, 0.1) is 17.0 Å². The average Bonchev–Trinajstić information content (AvgIpc) is 2.42. The number of nitro benzene ring substituents is 1. The Balaban J connectivity index is 2.41. The summed E-state index contributed by atoms with van der Waals surface area (Å²) in [5.74, 6) is 0.465. The van der Waals surface area contributed by atoms with Gasteiger partial charge >= 0.3 is 5.69 Å². The number of para-hydroxylation sites is 1. The molecule has 110 valence electrons. The van der Waals surface area contributed by atoms with E-state index in [0.717, 1.165) is 0 Å². The zero-order chi connectivity index (χ0) is 15.6. The van der Waals surface area contributed by atoms with E-state index < -0.39 is 11.0 Å². The standard InChI is InChI=1S/C15H14ClNO4/c1-9-4-3-5-13(17(19)20)15(9)21-14-7-6-11(10(2)18)8-12(14)16/h3-8,10,18H,1-2H3. The van der Waals surface area contributed by atoms with Gasteiger partial charge in [-0.3, -0.25) is 10.1 Å². The lowest BCUT2D eigenvalue weighted by molar-refractivity contribution is -0.385. The van der Waals surface area contributed by atoms with E-state index in [1.807, 2.05) is 0 Å². The molecule has 6 heteroatoms. The Morgan fingerprint density at radius 1 is 1.33 bits per heavy atom. The van der Waals surface area contributed by atoms with Crippen LogP contribution in [0.25, 0.3) is 0 Å². The van der Waals surface area contributed by atoms with Gasteiger partial charge in [0.05, 0.1) is 16.0 Å². The van der Waals surface area contributed by atoms with Crippen LogP contribution in [0.1, 0.15) is 24.2 Å². The maximum atomic E-state index is 11.1. The number of hydrogen-bond donors (Lipinski definition) is 1. The third-order valence-electron chi connectivity index (χ3n) is 3.04. The molecule has 0 saturated heterocycles. The topological polar surface area (TPSA) is 72.6 Å². The minimum atomic E-state index is -0.649. The molecule has 1 unspecified atom stereocenters. The molecule has 21 heavy (non-hydrogen) atoms. The summed E-state index contributed by atoms with van der Waals surface area (Å²) < 4.78 is 5.61. The first-order valence-electron chi connectivity index (χ1n) is 6.29. The highest BCUT2D eigenvalue weighted by molar-refractivity contribution is 6.32. The first-order valence-corrected chi connectivity index (χ1v) is 6.67. The number of aliphatic hydroxyl groups excluding tert-OH is 1. The van der Waals surface area contributed by atoms with Gasteiger partial charge in [-0.25, -0.2) is 0 Å². The van der Waals surface area contributed by atoms with Crippen molar-refractivity contribution in [1.29, 1.82) is 0 Å². The van der Waals surface area contributed by atoms with Crippen LogP contribution in [-0.4, -0.2) is 10.0 Å². The van der Waals surface area contributed by atoms with Gasteiger partial charge in [0.2, 0.25) is 5.75 Å². The summed E-state index contributed by atoms with van der Waals surface area (Å²) in [7, 11) is 0. The minimum Gasteiger partial charge on any atom is -0.448 e. The molecule has 2 aromatic carbocycles. The summed E-state index contributed by atoms with van der Waals surface area (Å²) in [6.45, 7) is 3.35. The lowest BCUT2D eigenvalue weighted by Gasteiger charge is -2.12. The Labute approximate surface area is 126 Å². The van der Waals surface area contributed by atoms with Crippen LogP contribution in [0.5, 0.6) is 11.5 Å². The van der Waals surface area contributed by atoms with Crippen molar-refractivity contribution in [2.45, 2.75) is 20.0 Å². The fraction of sp³-hybridized carbons (Fsp3) is 0.200. The molecular weight excluding hydrogens is 294 g/mol. The molecule has 0 amide bonds. The van der Waals surface area contributed by atoms with E-state index in [9.17, 15) is 15.2 Å². The first-order chi connectivity index (χ1) is 9.90. The fourth-order valence-electron chi connectivity index (χ4n) is 1.88. The number of aryl methyl sites for hydroxylation is 1.